The molecule has 0 radical (unpaired) electrons. The van der Waals surface area contributed by atoms with Crippen LogP contribution in [0.3, 0.4) is 0 Å². The number of rotatable bonds is 8. The minimum atomic E-state index is -1.31. The highest BCUT2D eigenvalue weighted by molar-refractivity contribution is 7.18. The van der Waals surface area contributed by atoms with Gasteiger partial charge >= 0.3 is 5.97 Å². The highest BCUT2D eigenvalue weighted by Crippen LogP contribution is 2.36. The van der Waals surface area contributed by atoms with E-state index in [9.17, 15) is 22.8 Å². The van der Waals surface area contributed by atoms with E-state index in [4.69, 9.17) is 4.74 Å². The molecule has 0 spiro atoms. The maximum absolute atomic E-state index is 14.2. The smallest absolute Gasteiger partial charge is 0.306 e. The third kappa shape index (κ3) is 4.80. The highest BCUT2D eigenvalue weighted by Gasteiger charge is 2.35. The normalized spacial score (nSPS) is 15.6. The van der Waals surface area contributed by atoms with E-state index in [0.29, 0.717) is 18.2 Å². The van der Waals surface area contributed by atoms with Gasteiger partial charge in [0.05, 0.1) is 30.2 Å². The van der Waals surface area contributed by atoms with Gasteiger partial charge in [-0.1, -0.05) is 25.5 Å². The van der Waals surface area contributed by atoms with Crippen molar-refractivity contribution in [3.05, 3.63) is 57.9 Å². The number of carbonyl (C=O) groups is 2. The van der Waals surface area contributed by atoms with Gasteiger partial charge in [-0.25, -0.2) is 18.2 Å². The van der Waals surface area contributed by atoms with Crippen molar-refractivity contribution in [3.8, 4) is 0 Å². The largest absolute Gasteiger partial charge is 0.466 e. The number of esters is 1. The average molecular weight is 491 g/mol. The first-order chi connectivity index (χ1) is 16.3. The number of benzene rings is 2. The first kappa shape index (κ1) is 24.2. The molecule has 3 aromatic rings. The average Bonchev–Trinajstić information content (AvgIpc) is 3.24. The SMILES string of the molecule is CCCCc1ccc2c(c1)N(Cc1nc3c(F)c(F)cc(F)c3s1)C(=O)C(CC(=O)OCC)C2. The molecule has 1 aliphatic rings. The Morgan fingerprint density at radius 2 is 2.00 bits per heavy atom. The molecule has 2 aromatic carbocycles. The Kier molecular flexibility index (Phi) is 7.21. The van der Waals surface area contributed by atoms with Gasteiger partial charge in [0.1, 0.15) is 16.3 Å². The summed E-state index contributed by atoms with van der Waals surface area (Å²) in [5, 5.41) is 0.272. The molecule has 5 nitrogen and oxygen atoms in total. The van der Waals surface area contributed by atoms with Gasteiger partial charge in [-0.2, -0.15) is 0 Å². The van der Waals surface area contributed by atoms with E-state index in [1.165, 1.54) is 4.90 Å². The van der Waals surface area contributed by atoms with Gasteiger partial charge < -0.3 is 9.64 Å². The van der Waals surface area contributed by atoms with Crippen LogP contribution in [0.15, 0.2) is 24.3 Å². The van der Waals surface area contributed by atoms with Crippen LogP contribution in [0.5, 0.6) is 0 Å². The van der Waals surface area contributed by atoms with Crippen LogP contribution in [0.1, 0.15) is 49.2 Å². The molecule has 9 heteroatoms. The minimum Gasteiger partial charge on any atom is -0.466 e. The zero-order valence-corrected chi connectivity index (χ0v) is 19.8. The third-order valence-electron chi connectivity index (χ3n) is 5.91. The summed E-state index contributed by atoms with van der Waals surface area (Å²) >= 11 is 0.880. The fourth-order valence-electron chi connectivity index (χ4n) is 4.24. The van der Waals surface area contributed by atoms with Crippen LogP contribution in [0.25, 0.3) is 10.2 Å². The second-order valence-corrected chi connectivity index (χ2v) is 9.42. The van der Waals surface area contributed by atoms with Crippen LogP contribution >= 0.6 is 11.3 Å². The number of carbonyl (C=O) groups excluding carboxylic acids is 2. The fourth-order valence-corrected chi connectivity index (χ4v) is 5.19. The lowest BCUT2D eigenvalue weighted by Crippen LogP contribution is -2.42. The van der Waals surface area contributed by atoms with Crippen molar-refractivity contribution in [1.82, 2.24) is 4.98 Å². The summed E-state index contributed by atoms with van der Waals surface area (Å²) in [6.07, 6.45) is 3.22. The maximum atomic E-state index is 14.2. The van der Waals surface area contributed by atoms with Gasteiger partial charge in [-0.3, -0.25) is 9.59 Å². The van der Waals surface area contributed by atoms with Crippen LogP contribution in [-0.4, -0.2) is 23.5 Å². The number of fused-ring (bicyclic) bond motifs is 2. The molecule has 34 heavy (non-hydrogen) atoms. The molecule has 0 N–H and O–H groups in total. The molecule has 0 bridgehead atoms. The highest BCUT2D eigenvalue weighted by atomic mass is 32.1. The lowest BCUT2D eigenvalue weighted by Gasteiger charge is -2.34. The molecule has 2 heterocycles. The number of nitrogens with zero attached hydrogens (tertiary/aromatic N) is 2. The summed E-state index contributed by atoms with van der Waals surface area (Å²) in [5.74, 6) is -4.77. The van der Waals surface area contributed by atoms with E-state index in [2.05, 4.69) is 11.9 Å². The second-order valence-electron chi connectivity index (χ2n) is 8.34. The molecule has 1 atom stereocenters. The summed E-state index contributed by atoms with van der Waals surface area (Å²) in [5.41, 5.74) is 2.29. The van der Waals surface area contributed by atoms with Crippen molar-refractivity contribution >= 4 is 39.1 Å². The van der Waals surface area contributed by atoms with Gasteiger partial charge in [0.15, 0.2) is 11.6 Å². The Morgan fingerprint density at radius 3 is 2.74 bits per heavy atom. The van der Waals surface area contributed by atoms with Gasteiger partial charge in [0.2, 0.25) is 5.91 Å². The molecule has 1 aromatic heterocycles. The Hall–Kier alpha value is -2.94. The predicted octanol–water partition coefficient (Wildman–Crippen LogP) is 5.71. The molecule has 0 saturated carbocycles. The van der Waals surface area contributed by atoms with Crippen LogP contribution in [-0.2, 0) is 33.7 Å². The van der Waals surface area contributed by atoms with Crippen LogP contribution < -0.4 is 4.90 Å². The van der Waals surface area contributed by atoms with E-state index < -0.39 is 29.3 Å². The molecular weight excluding hydrogens is 465 g/mol. The number of hydrogen-bond acceptors (Lipinski definition) is 5. The van der Waals surface area contributed by atoms with Gasteiger partial charge in [-0.05, 0) is 43.4 Å². The van der Waals surface area contributed by atoms with Gasteiger partial charge in [-0.15, -0.1) is 11.3 Å². The second kappa shape index (κ2) is 10.1. The number of amides is 1. The Bertz CT molecular complexity index is 1240. The maximum Gasteiger partial charge on any atom is 0.306 e. The molecule has 0 aliphatic carbocycles. The molecule has 0 saturated heterocycles. The number of hydrogen-bond donors (Lipinski definition) is 0. The van der Waals surface area contributed by atoms with Crippen LogP contribution in [0.2, 0.25) is 0 Å². The van der Waals surface area contributed by atoms with Crippen molar-refractivity contribution in [2.75, 3.05) is 11.5 Å². The summed E-state index contributed by atoms with van der Waals surface area (Å²) < 4.78 is 47.0. The van der Waals surface area contributed by atoms with Crippen LogP contribution in [0.4, 0.5) is 18.9 Å². The van der Waals surface area contributed by atoms with Crippen molar-refractivity contribution in [1.29, 1.82) is 0 Å². The number of thiazole rings is 1. The Balaban J connectivity index is 1.72. The zero-order chi connectivity index (χ0) is 24.4. The van der Waals surface area contributed by atoms with Crippen molar-refractivity contribution in [2.24, 2.45) is 5.92 Å². The fraction of sp³-hybridized carbons (Fsp3) is 0.400. The minimum absolute atomic E-state index is 0.0394. The Labute approximate surface area is 199 Å². The zero-order valence-electron chi connectivity index (χ0n) is 19.0. The monoisotopic (exact) mass is 490 g/mol. The molecule has 1 aliphatic heterocycles. The van der Waals surface area contributed by atoms with Crippen molar-refractivity contribution < 1.29 is 27.5 Å². The van der Waals surface area contributed by atoms with Crippen molar-refractivity contribution in [2.45, 2.75) is 52.5 Å². The number of ether oxygens (including phenoxy) is 1. The van der Waals surface area contributed by atoms with E-state index in [1.54, 1.807) is 6.92 Å². The number of aryl methyl sites for hydroxylation is 1. The Morgan fingerprint density at radius 1 is 1.21 bits per heavy atom. The number of halogens is 3. The summed E-state index contributed by atoms with van der Waals surface area (Å²) in [6.45, 7) is 3.99. The molecule has 1 unspecified atom stereocenters. The first-order valence-electron chi connectivity index (χ1n) is 11.3. The molecule has 0 fully saturated rings. The van der Waals surface area contributed by atoms with E-state index in [0.717, 1.165) is 41.7 Å². The lowest BCUT2D eigenvalue weighted by atomic mass is 9.88. The molecule has 180 valence electrons. The van der Waals surface area contributed by atoms with E-state index >= 15 is 0 Å². The quantitative estimate of drug-likeness (QED) is 0.300. The summed E-state index contributed by atoms with van der Waals surface area (Å²) in [4.78, 5) is 31.2. The molecular formula is C25H25F3N2O3S. The lowest BCUT2D eigenvalue weighted by molar-refractivity contribution is -0.146. The predicted molar refractivity (Wildman–Crippen MR) is 124 cm³/mol. The first-order valence-corrected chi connectivity index (χ1v) is 12.2. The van der Waals surface area contributed by atoms with Gasteiger partial charge in [0, 0.05) is 11.8 Å². The van der Waals surface area contributed by atoms with Crippen LogP contribution in [0, 0.1) is 23.4 Å². The van der Waals surface area contributed by atoms with Crippen molar-refractivity contribution in [3.63, 3.8) is 0 Å². The standard InChI is InChI=1S/C25H25F3N2O3S/c1-3-5-6-14-7-8-15-10-16(11-21(31)33-4-2)25(32)30(19(15)9-14)13-20-29-23-22(28)17(26)12-18(27)24(23)34-20/h7-9,12,16H,3-6,10-11,13H2,1-2H3. The summed E-state index contributed by atoms with van der Waals surface area (Å²) in [7, 11) is 0. The van der Waals surface area contributed by atoms with E-state index in [-0.39, 0.29) is 40.7 Å². The molecule has 4 rings (SSSR count). The third-order valence-corrected chi connectivity index (χ3v) is 6.96. The number of aromatic nitrogens is 1. The summed E-state index contributed by atoms with van der Waals surface area (Å²) in [6, 6.07) is 6.44. The topological polar surface area (TPSA) is 59.5 Å². The number of unbranched alkanes of at least 4 members (excludes halogenated alkanes) is 1. The van der Waals surface area contributed by atoms with E-state index in [1.807, 2.05) is 18.2 Å². The van der Waals surface area contributed by atoms with Gasteiger partial charge in [0.25, 0.3) is 0 Å². The molecule has 1 amide bonds. The number of anilines is 1.